The van der Waals surface area contributed by atoms with Crippen molar-refractivity contribution in [2.24, 2.45) is 0 Å². The number of para-hydroxylation sites is 1. The van der Waals surface area contributed by atoms with Gasteiger partial charge in [0, 0.05) is 0 Å². The van der Waals surface area contributed by atoms with Crippen molar-refractivity contribution in [3.05, 3.63) is 42.2 Å². The van der Waals surface area contributed by atoms with Crippen molar-refractivity contribution in [2.45, 2.75) is 29.9 Å². The summed E-state index contributed by atoms with van der Waals surface area (Å²) in [7, 11) is 1.54. The van der Waals surface area contributed by atoms with Gasteiger partial charge in [0.05, 0.1) is 48.2 Å². The number of pyridine rings is 1. The summed E-state index contributed by atoms with van der Waals surface area (Å²) in [6.45, 7) is 0.739. The normalized spacial score (nSPS) is 19.7. The van der Waals surface area contributed by atoms with Crippen LogP contribution in [-0.4, -0.2) is 65.0 Å². The molecule has 1 aromatic carbocycles. The Morgan fingerprint density at radius 1 is 1.26 bits per heavy atom. The zero-order chi connectivity index (χ0) is 23.5. The van der Waals surface area contributed by atoms with Crippen LogP contribution in [0.1, 0.15) is 23.3 Å². The molecule has 1 saturated heterocycles. The average molecular weight is 482 g/mol. The van der Waals surface area contributed by atoms with Crippen LogP contribution in [0.5, 0.6) is 11.6 Å². The number of methoxy groups -OCH3 is 1. The van der Waals surface area contributed by atoms with Gasteiger partial charge < -0.3 is 24.8 Å². The number of rotatable bonds is 6. The number of hydrogen-bond acceptors (Lipinski definition) is 9. The Labute approximate surface area is 199 Å². The number of amides is 2. The van der Waals surface area contributed by atoms with Crippen LogP contribution in [-0.2, 0) is 9.53 Å². The number of benzene rings is 1. The van der Waals surface area contributed by atoms with E-state index in [0.717, 1.165) is 23.3 Å². The Morgan fingerprint density at radius 3 is 3.00 bits per heavy atom. The molecule has 4 heterocycles. The molecule has 5 rings (SSSR count). The lowest BCUT2D eigenvalue weighted by Gasteiger charge is -2.29. The number of carbonyl (C=O) groups excluding carboxylic acids is 2. The van der Waals surface area contributed by atoms with Crippen LogP contribution in [0.25, 0.3) is 11.0 Å². The lowest BCUT2D eigenvalue weighted by molar-refractivity contribution is -0.113. The summed E-state index contributed by atoms with van der Waals surface area (Å²) in [5, 5.41) is 5.67. The van der Waals surface area contributed by atoms with Gasteiger partial charge in [-0.2, -0.15) is 0 Å². The molecule has 2 aliphatic rings. The third-order valence-corrected chi connectivity index (χ3v) is 6.61. The Bertz CT molecular complexity index is 1230. The van der Waals surface area contributed by atoms with Gasteiger partial charge in [-0.1, -0.05) is 6.07 Å². The number of hydrogen-bond donors (Lipinski definition) is 2. The lowest BCUT2D eigenvalue weighted by atomic mass is 10.1. The maximum Gasteiger partial charge on any atom is 0.270 e. The van der Waals surface area contributed by atoms with E-state index < -0.39 is 0 Å². The van der Waals surface area contributed by atoms with Crippen LogP contribution in [0.4, 0.5) is 5.82 Å². The Kier molecular flexibility index (Phi) is 6.45. The Morgan fingerprint density at radius 2 is 2.18 bits per heavy atom. The van der Waals surface area contributed by atoms with E-state index in [1.165, 1.54) is 11.8 Å². The number of ether oxygens (including phenoxy) is 3. The minimum atomic E-state index is -0.292. The van der Waals surface area contributed by atoms with Gasteiger partial charge in [-0.3, -0.25) is 9.59 Å². The molecule has 0 unspecified atom stereocenters. The van der Waals surface area contributed by atoms with Gasteiger partial charge in [0.25, 0.3) is 5.91 Å². The van der Waals surface area contributed by atoms with Crippen molar-refractivity contribution in [1.29, 1.82) is 0 Å². The molecule has 0 aliphatic carbocycles. The zero-order valence-electron chi connectivity index (χ0n) is 18.4. The topological polar surface area (TPSA) is 125 Å². The SMILES string of the molecule is COc1cnc2cccc(OC[C@@H]3CC[C@@H](NC(=O)c4ccc5c(n4)NC(=O)CS5)CO3)c2n1. The van der Waals surface area contributed by atoms with Gasteiger partial charge in [-0.05, 0) is 37.1 Å². The fourth-order valence-electron chi connectivity index (χ4n) is 3.79. The Hall–Kier alpha value is -3.44. The molecular weight excluding hydrogens is 458 g/mol. The molecule has 3 aromatic rings. The van der Waals surface area contributed by atoms with E-state index in [1.54, 1.807) is 25.4 Å². The Balaban J connectivity index is 1.14. The van der Waals surface area contributed by atoms with Gasteiger partial charge in [-0.15, -0.1) is 11.8 Å². The predicted molar refractivity (Wildman–Crippen MR) is 125 cm³/mol. The van der Waals surface area contributed by atoms with E-state index in [0.29, 0.717) is 41.9 Å². The standard InChI is InChI=1S/C23H23N5O5S/c1-31-20-9-24-15-3-2-4-17(21(15)28-20)33-11-14-6-5-13(10-32-14)25-23(30)16-7-8-18-22(26-16)27-19(29)12-34-18/h2-4,7-9,13-14H,5-6,10-12H2,1H3,(H,25,30)(H,26,27,29)/t13-,14+/m1/s1. The van der Waals surface area contributed by atoms with Gasteiger partial charge in [-0.25, -0.2) is 15.0 Å². The number of fused-ring (bicyclic) bond motifs is 2. The molecule has 0 spiro atoms. The van der Waals surface area contributed by atoms with E-state index >= 15 is 0 Å². The molecule has 2 aliphatic heterocycles. The second-order valence-corrected chi connectivity index (χ2v) is 8.95. The number of aromatic nitrogens is 3. The van der Waals surface area contributed by atoms with Crippen molar-refractivity contribution in [3.8, 4) is 11.6 Å². The zero-order valence-corrected chi connectivity index (χ0v) is 19.3. The molecule has 0 radical (unpaired) electrons. The minimum Gasteiger partial charge on any atom is -0.489 e. The quantitative estimate of drug-likeness (QED) is 0.546. The molecule has 2 amide bonds. The number of nitrogens with zero attached hydrogens (tertiary/aromatic N) is 3. The highest BCUT2D eigenvalue weighted by molar-refractivity contribution is 8.00. The fraction of sp³-hybridized carbons (Fsp3) is 0.348. The highest BCUT2D eigenvalue weighted by Crippen LogP contribution is 2.30. The van der Waals surface area contributed by atoms with Crippen molar-refractivity contribution in [2.75, 3.05) is 31.4 Å². The maximum absolute atomic E-state index is 12.7. The number of nitrogens with one attached hydrogen (secondary N) is 2. The van der Waals surface area contributed by atoms with E-state index in [1.807, 2.05) is 18.2 Å². The summed E-state index contributed by atoms with van der Waals surface area (Å²) in [6, 6.07) is 8.92. The summed E-state index contributed by atoms with van der Waals surface area (Å²) < 4.78 is 17.1. The van der Waals surface area contributed by atoms with Crippen LogP contribution >= 0.6 is 11.8 Å². The summed E-state index contributed by atoms with van der Waals surface area (Å²) in [4.78, 5) is 38.2. The third kappa shape index (κ3) is 4.90. The molecule has 34 heavy (non-hydrogen) atoms. The van der Waals surface area contributed by atoms with Crippen molar-refractivity contribution in [3.63, 3.8) is 0 Å². The summed E-state index contributed by atoms with van der Waals surface area (Å²) in [5.41, 5.74) is 1.62. The van der Waals surface area contributed by atoms with Crippen molar-refractivity contribution < 1.29 is 23.8 Å². The molecule has 11 heteroatoms. The van der Waals surface area contributed by atoms with Crippen LogP contribution in [0.3, 0.4) is 0 Å². The van der Waals surface area contributed by atoms with Gasteiger partial charge in [0.15, 0.2) is 0 Å². The highest BCUT2D eigenvalue weighted by atomic mass is 32.2. The van der Waals surface area contributed by atoms with E-state index in [-0.39, 0.29) is 29.7 Å². The fourth-order valence-corrected chi connectivity index (χ4v) is 4.55. The average Bonchev–Trinajstić information content (AvgIpc) is 2.87. The van der Waals surface area contributed by atoms with E-state index in [4.69, 9.17) is 14.2 Å². The first kappa shape index (κ1) is 22.4. The summed E-state index contributed by atoms with van der Waals surface area (Å²) in [6.07, 6.45) is 2.95. The van der Waals surface area contributed by atoms with Crippen molar-refractivity contribution in [1.82, 2.24) is 20.3 Å². The molecule has 2 N–H and O–H groups in total. The van der Waals surface area contributed by atoms with Gasteiger partial charge >= 0.3 is 0 Å². The van der Waals surface area contributed by atoms with E-state index in [2.05, 4.69) is 25.6 Å². The first-order valence-corrected chi connectivity index (χ1v) is 11.9. The smallest absolute Gasteiger partial charge is 0.270 e. The monoisotopic (exact) mass is 481 g/mol. The second-order valence-electron chi connectivity index (χ2n) is 7.93. The van der Waals surface area contributed by atoms with Crippen molar-refractivity contribution >= 4 is 40.4 Å². The maximum atomic E-state index is 12.7. The minimum absolute atomic E-state index is 0.101. The van der Waals surface area contributed by atoms with Crippen LogP contribution in [0.15, 0.2) is 41.4 Å². The highest BCUT2D eigenvalue weighted by Gasteiger charge is 2.25. The number of thioether (sulfide) groups is 1. The molecular formula is C23H23N5O5S. The molecule has 1 fully saturated rings. The molecule has 2 atom stereocenters. The lowest BCUT2D eigenvalue weighted by Crippen LogP contribution is -2.44. The number of anilines is 1. The molecule has 176 valence electrons. The van der Waals surface area contributed by atoms with Crippen LogP contribution in [0, 0.1) is 0 Å². The summed E-state index contributed by atoms with van der Waals surface area (Å²) >= 11 is 1.41. The molecule has 0 bridgehead atoms. The number of carbonyl (C=O) groups is 2. The molecule has 0 saturated carbocycles. The van der Waals surface area contributed by atoms with Crippen LogP contribution < -0.4 is 20.1 Å². The third-order valence-electron chi connectivity index (χ3n) is 5.56. The molecule has 10 nitrogen and oxygen atoms in total. The predicted octanol–water partition coefficient (Wildman–Crippen LogP) is 2.43. The first-order valence-electron chi connectivity index (χ1n) is 10.9. The molecule has 2 aromatic heterocycles. The largest absolute Gasteiger partial charge is 0.489 e. The van der Waals surface area contributed by atoms with Gasteiger partial charge in [0.1, 0.15) is 29.4 Å². The van der Waals surface area contributed by atoms with E-state index in [9.17, 15) is 9.59 Å². The van der Waals surface area contributed by atoms with Crippen LogP contribution in [0.2, 0.25) is 0 Å². The van der Waals surface area contributed by atoms with Gasteiger partial charge in [0.2, 0.25) is 11.8 Å². The second kappa shape index (κ2) is 9.82. The summed E-state index contributed by atoms with van der Waals surface area (Å²) in [5.74, 6) is 1.41. The first-order chi connectivity index (χ1) is 16.6.